The third-order valence-corrected chi connectivity index (χ3v) is 6.87. The van der Waals surface area contributed by atoms with Gasteiger partial charge in [-0.1, -0.05) is 64.5 Å². The molecule has 0 bridgehead atoms. The first kappa shape index (κ1) is 27.7. The fourth-order valence-electron chi connectivity index (χ4n) is 4.89. The molecule has 182 valence electrons. The number of hydrogen-bond acceptors (Lipinski definition) is 4. The summed E-state index contributed by atoms with van der Waals surface area (Å²) in [7, 11) is 0. The molecule has 0 aromatic rings. The molecule has 32 heavy (non-hydrogen) atoms. The van der Waals surface area contributed by atoms with Crippen LogP contribution >= 0.6 is 0 Å². The van der Waals surface area contributed by atoms with Gasteiger partial charge in [0.2, 0.25) is 0 Å². The Kier molecular flexibility index (Phi) is 12.0. The maximum absolute atomic E-state index is 11.0. The van der Waals surface area contributed by atoms with Gasteiger partial charge in [0, 0.05) is 0 Å². The van der Waals surface area contributed by atoms with Gasteiger partial charge in [-0.3, -0.25) is 19.2 Å². The van der Waals surface area contributed by atoms with E-state index < -0.39 is 35.7 Å². The lowest BCUT2D eigenvalue weighted by molar-refractivity contribution is -0.156. The standard InChI is InChI=1S/C24H38O8/c1-15-13-14-16(2)18(10-6-4-8-12-20(23(29)30)24(31)32)17(15)9-5-3-7-11-19(21(25)26)22(27)28/h13-20H,3-12H2,1-2H3,(H,25,26)(H,27,28)(H,29,30)(H,31,32). The second kappa shape index (κ2) is 13.9. The number of rotatable bonds is 16. The summed E-state index contributed by atoms with van der Waals surface area (Å²) in [5.41, 5.74) is 0. The van der Waals surface area contributed by atoms with Gasteiger partial charge in [-0.25, -0.2) is 0 Å². The Labute approximate surface area is 189 Å². The minimum atomic E-state index is -1.33. The summed E-state index contributed by atoms with van der Waals surface area (Å²) in [4.78, 5) is 43.9. The molecule has 4 atom stereocenters. The predicted octanol–water partition coefficient (Wildman–Crippen LogP) is 4.53. The summed E-state index contributed by atoms with van der Waals surface area (Å²) >= 11 is 0. The SMILES string of the molecule is CC1C=CC(C)C(CCCCCC(C(=O)O)C(=O)O)C1CCCCCC(C(=O)O)C(=O)O. The van der Waals surface area contributed by atoms with Crippen LogP contribution in [0.5, 0.6) is 0 Å². The fraction of sp³-hybridized carbons (Fsp3) is 0.750. The van der Waals surface area contributed by atoms with E-state index in [1.807, 2.05) is 0 Å². The Bertz CT molecular complexity index is 587. The molecule has 0 saturated carbocycles. The van der Waals surface area contributed by atoms with Gasteiger partial charge in [-0.2, -0.15) is 0 Å². The van der Waals surface area contributed by atoms with E-state index in [2.05, 4.69) is 26.0 Å². The maximum Gasteiger partial charge on any atom is 0.317 e. The Balaban J connectivity index is 2.45. The van der Waals surface area contributed by atoms with Crippen LogP contribution in [0.1, 0.15) is 78.1 Å². The smallest absolute Gasteiger partial charge is 0.317 e. The summed E-state index contributed by atoms with van der Waals surface area (Å²) in [5.74, 6) is -5.93. The highest BCUT2D eigenvalue weighted by atomic mass is 16.4. The minimum absolute atomic E-state index is 0.151. The lowest BCUT2D eigenvalue weighted by atomic mass is 9.68. The van der Waals surface area contributed by atoms with Crippen LogP contribution in [0, 0.1) is 35.5 Å². The zero-order valence-electron chi connectivity index (χ0n) is 19.1. The number of carbonyl (C=O) groups is 4. The van der Waals surface area contributed by atoms with Crippen LogP contribution in [0.15, 0.2) is 12.2 Å². The van der Waals surface area contributed by atoms with Crippen LogP contribution in [0.3, 0.4) is 0 Å². The van der Waals surface area contributed by atoms with E-state index in [0.717, 1.165) is 38.5 Å². The van der Waals surface area contributed by atoms with E-state index in [1.54, 1.807) is 0 Å². The highest BCUT2D eigenvalue weighted by molar-refractivity contribution is 5.93. The van der Waals surface area contributed by atoms with Gasteiger partial charge >= 0.3 is 23.9 Å². The van der Waals surface area contributed by atoms with Crippen LogP contribution in [0.4, 0.5) is 0 Å². The van der Waals surface area contributed by atoms with Crippen molar-refractivity contribution in [3.63, 3.8) is 0 Å². The molecule has 0 amide bonds. The Morgan fingerprint density at radius 3 is 1.19 bits per heavy atom. The van der Waals surface area contributed by atoms with Crippen molar-refractivity contribution in [2.24, 2.45) is 35.5 Å². The topological polar surface area (TPSA) is 149 Å². The van der Waals surface area contributed by atoms with E-state index in [0.29, 0.717) is 36.5 Å². The van der Waals surface area contributed by atoms with E-state index in [4.69, 9.17) is 20.4 Å². The van der Waals surface area contributed by atoms with Crippen LogP contribution in [0.2, 0.25) is 0 Å². The largest absolute Gasteiger partial charge is 0.481 e. The number of carboxylic acid groups (broad SMARTS) is 4. The molecule has 8 heteroatoms. The maximum atomic E-state index is 11.0. The van der Waals surface area contributed by atoms with E-state index >= 15 is 0 Å². The lowest BCUT2D eigenvalue weighted by Gasteiger charge is -2.38. The second-order valence-electron chi connectivity index (χ2n) is 9.16. The number of carboxylic acids is 4. The molecule has 0 saturated heterocycles. The van der Waals surface area contributed by atoms with E-state index in [9.17, 15) is 19.2 Å². The van der Waals surface area contributed by atoms with Crippen molar-refractivity contribution in [1.82, 2.24) is 0 Å². The Hall–Kier alpha value is -2.38. The molecule has 1 aliphatic carbocycles. The summed E-state index contributed by atoms with van der Waals surface area (Å²) in [6.45, 7) is 4.41. The van der Waals surface area contributed by atoms with Crippen molar-refractivity contribution < 1.29 is 39.6 Å². The number of unbranched alkanes of at least 4 members (excludes halogenated alkanes) is 4. The third-order valence-electron chi connectivity index (χ3n) is 6.87. The second-order valence-corrected chi connectivity index (χ2v) is 9.16. The summed E-state index contributed by atoms with van der Waals surface area (Å²) in [6, 6.07) is 0. The summed E-state index contributed by atoms with van der Waals surface area (Å²) < 4.78 is 0. The van der Waals surface area contributed by atoms with Gasteiger partial charge in [0.1, 0.15) is 0 Å². The average Bonchev–Trinajstić information content (AvgIpc) is 2.69. The van der Waals surface area contributed by atoms with Gasteiger partial charge in [-0.15, -0.1) is 0 Å². The molecule has 4 N–H and O–H groups in total. The van der Waals surface area contributed by atoms with Gasteiger partial charge in [-0.05, 0) is 49.4 Å². The van der Waals surface area contributed by atoms with Crippen molar-refractivity contribution in [3.05, 3.63) is 12.2 Å². The molecular formula is C24H38O8. The molecule has 0 spiro atoms. The summed E-state index contributed by atoms with van der Waals surface area (Å²) in [5, 5.41) is 35.8. The average molecular weight is 455 g/mol. The Morgan fingerprint density at radius 1 is 0.594 bits per heavy atom. The first-order valence-electron chi connectivity index (χ1n) is 11.7. The first-order valence-corrected chi connectivity index (χ1v) is 11.7. The highest BCUT2D eigenvalue weighted by Gasteiger charge is 2.32. The number of hydrogen-bond donors (Lipinski definition) is 4. The normalized spacial score (nSPS) is 22.9. The Morgan fingerprint density at radius 2 is 0.906 bits per heavy atom. The number of allylic oxidation sites excluding steroid dienone is 2. The van der Waals surface area contributed by atoms with Crippen molar-refractivity contribution >= 4 is 23.9 Å². The van der Waals surface area contributed by atoms with Crippen LogP contribution in [-0.2, 0) is 19.2 Å². The molecule has 4 unspecified atom stereocenters. The molecule has 0 aromatic carbocycles. The highest BCUT2D eigenvalue weighted by Crippen LogP contribution is 2.40. The quantitative estimate of drug-likeness (QED) is 0.151. The molecule has 8 nitrogen and oxygen atoms in total. The molecule has 0 aliphatic heterocycles. The first-order chi connectivity index (χ1) is 15.1. The zero-order chi connectivity index (χ0) is 24.3. The van der Waals surface area contributed by atoms with Crippen LogP contribution in [-0.4, -0.2) is 44.3 Å². The number of aliphatic carboxylic acids is 4. The van der Waals surface area contributed by atoms with Crippen LogP contribution < -0.4 is 0 Å². The molecule has 0 fully saturated rings. The van der Waals surface area contributed by atoms with Gasteiger partial charge in [0.05, 0.1) is 0 Å². The van der Waals surface area contributed by atoms with E-state index in [-0.39, 0.29) is 12.8 Å². The molecule has 1 rings (SSSR count). The fourth-order valence-corrected chi connectivity index (χ4v) is 4.89. The van der Waals surface area contributed by atoms with Gasteiger partial charge in [0.25, 0.3) is 0 Å². The van der Waals surface area contributed by atoms with Crippen LogP contribution in [0.25, 0.3) is 0 Å². The minimum Gasteiger partial charge on any atom is -0.481 e. The molecule has 0 radical (unpaired) electrons. The summed E-state index contributed by atoms with van der Waals surface area (Å²) in [6.07, 6.45) is 11.4. The lowest BCUT2D eigenvalue weighted by Crippen LogP contribution is -2.29. The monoisotopic (exact) mass is 454 g/mol. The van der Waals surface area contributed by atoms with E-state index in [1.165, 1.54) is 0 Å². The van der Waals surface area contributed by atoms with Crippen molar-refractivity contribution in [2.75, 3.05) is 0 Å². The molecule has 1 aliphatic rings. The van der Waals surface area contributed by atoms with Crippen molar-refractivity contribution in [3.8, 4) is 0 Å². The third kappa shape index (κ3) is 9.01. The predicted molar refractivity (Wildman–Crippen MR) is 118 cm³/mol. The van der Waals surface area contributed by atoms with Gasteiger partial charge in [0.15, 0.2) is 11.8 Å². The molecule has 0 aromatic heterocycles. The van der Waals surface area contributed by atoms with Gasteiger partial charge < -0.3 is 20.4 Å². The molecule has 0 heterocycles. The molecular weight excluding hydrogens is 416 g/mol. The van der Waals surface area contributed by atoms with Crippen molar-refractivity contribution in [1.29, 1.82) is 0 Å². The zero-order valence-corrected chi connectivity index (χ0v) is 19.1. The van der Waals surface area contributed by atoms with Crippen molar-refractivity contribution in [2.45, 2.75) is 78.1 Å².